The first kappa shape index (κ1) is 14.9. The zero-order valence-corrected chi connectivity index (χ0v) is 14.0. The van der Waals surface area contributed by atoms with Gasteiger partial charge >= 0.3 is 0 Å². The lowest BCUT2D eigenvalue weighted by Gasteiger charge is -2.37. The monoisotopic (exact) mass is 290 g/mol. The van der Waals surface area contributed by atoms with Crippen molar-refractivity contribution in [2.24, 2.45) is 0 Å². The second kappa shape index (κ2) is 4.49. The number of thiophene rings is 1. The van der Waals surface area contributed by atoms with Gasteiger partial charge in [-0.05, 0) is 18.0 Å². The van der Waals surface area contributed by atoms with Crippen molar-refractivity contribution in [3.63, 3.8) is 0 Å². The Labute approximate surface area is 110 Å². The van der Waals surface area contributed by atoms with E-state index in [1.807, 2.05) is 18.4 Å². The second-order valence-electron chi connectivity index (χ2n) is 5.93. The van der Waals surface area contributed by atoms with Gasteiger partial charge in [0.05, 0.1) is 4.90 Å². The predicted molar refractivity (Wildman–Crippen MR) is 78.5 cm³/mol. The highest BCUT2D eigenvalue weighted by Gasteiger charge is 2.38. The molecule has 1 aromatic rings. The molecule has 3 nitrogen and oxygen atoms in total. The molecule has 1 heterocycles. The van der Waals surface area contributed by atoms with Crippen LogP contribution < -0.4 is 4.39 Å². The Bertz CT molecular complexity index is 498. The SMILES string of the molecule is Cc1cc(S(=N)(=O)N[Si](C)(C)C(C)(C)C)cs1. The molecule has 0 saturated heterocycles. The van der Waals surface area contributed by atoms with E-state index in [0.29, 0.717) is 4.90 Å². The fourth-order valence-electron chi connectivity index (χ4n) is 1.14. The minimum atomic E-state index is -2.86. The van der Waals surface area contributed by atoms with Crippen LogP contribution in [0.5, 0.6) is 0 Å². The van der Waals surface area contributed by atoms with Gasteiger partial charge in [0.25, 0.3) is 0 Å². The van der Waals surface area contributed by atoms with Crippen molar-refractivity contribution in [3.8, 4) is 0 Å². The van der Waals surface area contributed by atoms with Crippen LogP contribution in [0, 0.1) is 11.7 Å². The van der Waals surface area contributed by atoms with Crippen LogP contribution in [0.3, 0.4) is 0 Å². The van der Waals surface area contributed by atoms with Crippen LogP contribution in [0.25, 0.3) is 0 Å². The van der Waals surface area contributed by atoms with Crippen molar-refractivity contribution in [1.82, 2.24) is 4.39 Å². The first-order valence-electron chi connectivity index (χ1n) is 5.58. The van der Waals surface area contributed by atoms with Crippen molar-refractivity contribution in [2.45, 2.75) is 50.7 Å². The van der Waals surface area contributed by atoms with Crippen molar-refractivity contribution >= 4 is 29.5 Å². The highest BCUT2D eigenvalue weighted by Crippen LogP contribution is 2.35. The summed E-state index contributed by atoms with van der Waals surface area (Å²) in [5, 5.41) is 1.90. The van der Waals surface area contributed by atoms with E-state index in [9.17, 15) is 4.21 Å². The van der Waals surface area contributed by atoms with Gasteiger partial charge in [-0.15, -0.1) is 11.3 Å². The number of nitrogens with one attached hydrogen (secondary N) is 2. The van der Waals surface area contributed by atoms with Crippen molar-refractivity contribution in [3.05, 3.63) is 16.3 Å². The number of hydrogen-bond acceptors (Lipinski definition) is 3. The molecule has 0 aliphatic carbocycles. The molecular formula is C11H22N2OS2Si. The van der Waals surface area contributed by atoms with Gasteiger partial charge in [-0.1, -0.05) is 33.9 Å². The number of rotatable bonds is 3. The highest BCUT2D eigenvalue weighted by atomic mass is 32.2. The van der Waals surface area contributed by atoms with Crippen LogP contribution in [-0.2, 0) is 9.92 Å². The third-order valence-corrected chi connectivity index (χ3v) is 12.2. The Hall–Kier alpha value is -0.173. The van der Waals surface area contributed by atoms with E-state index in [0.717, 1.165) is 4.88 Å². The summed E-state index contributed by atoms with van der Waals surface area (Å²) in [5.74, 6) is 0. The summed E-state index contributed by atoms with van der Waals surface area (Å²) in [6.45, 7) is 12.6. The largest absolute Gasteiger partial charge is 0.249 e. The highest BCUT2D eigenvalue weighted by molar-refractivity contribution is 7.92. The van der Waals surface area contributed by atoms with E-state index in [-0.39, 0.29) is 5.04 Å². The number of aryl methyl sites for hydroxylation is 1. The molecule has 0 radical (unpaired) electrons. The number of hydrogen-bond donors (Lipinski definition) is 2. The molecule has 1 rings (SSSR count). The summed E-state index contributed by atoms with van der Waals surface area (Å²) in [7, 11) is -4.78. The molecule has 1 atom stereocenters. The van der Waals surface area contributed by atoms with E-state index in [4.69, 9.17) is 4.78 Å². The van der Waals surface area contributed by atoms with E-state index in [1.54, 1.807) is 11.3 Å². The molecule has 1 aromatic heterocycles. The first-order valence-corrected chi connectivity index (χ1v) is 11.0. The van der Waals surface area contributed by atoms with E-state index < -0.39 is 18.2 Å². The Morgan fingerprint density at radius 1 is 1.41 bits per heavy atom. The zero-order valence-electron chi connectivity index (χ0n) is 11.4. The molecule has 0 aliphatic rings. The van der Waals surface area contributed by atoms with Gasteiger partial charge < -0.3 is 0 Å². The normalized spacial score (nSPS) is 16.8. The fraction of sp³-hybridized carbons (Fsp3) is 0.636. The molecule has 0 aromatic carbocycles. The molecule has 0 amide bonds. The maximum atomic E-state index is 12.5. The van der Waals surface area contributed by atoms with Crippen LogP contribution >= 0.6 is 11.3 Å². The topological polar surface area (TPSA) is 53.0 Å². The lowest BCUT2D eigenvalue weighted by atomic mass is 10.2. The Kier molecular flexibility index (Phi) is 3.93. The van der Waals surface area contributed by atoms with E-state index >= 15 is 0 Å². The van der Waals surface area contributed by atoms with Crippen molar-refractivity contribution in [1.29, 1.82) is 4.78 Å². The van der Waals surface area contributed by atoms with Gasteiger partial charge in [0, 0.05) is 10.3 Å². The summed E-state index contributed by atoms with van der Waals surface area (Å²) < 4.78 is 23.7. The molecule has 2 N–H and O–H groups in total. The molecule has 1 unspecified atom stereocenters. The van der Waals surface area contributed by atoms with Crippen LogP contribution in [0.15, 0.2) is 16.3 Å². The summed E-state index contributed by atoms with van der Waals surface area (Å²) >= 11 is 1.54. The third-order valence-electron chi connectivity index (χ3n) is 3.31. The Morgan fingerprint density at radius 2 is 1.94 bits per heavy atom. The van der Waals surface area contributed by atoms with Crippen LogP contribution in [0.2, 0.25) is 18.1 Å². The van der Waals surface area contributed by atoms with Gasteiger partial charge in [-0.25, -0.2) is 13.4 Å². The molecule has 6 heteroatoms. The standard InChI is InChI=1S/C11H22N2OS2Si/c1-9-7-10(8-15-9)16(12,14)13-17(5,6)11(2,3)4/h7-8H,1-6H3,(H2,12,13,14). The van der Waals surface area contributed by atoms with E-state index in [2.05, 4.69) is 38.3 Å². The molecule has 0 fully saturated rings. The van der Waals surface area contributed by atoms with Crippen LogP contribution in [0.4, 0.5) is 0 Å². The van der Waals surface area contributed by atoms with Gasteiger partial charge in [0.15, 0.2) is 0 Å². The minimum absolute atomic E-state index is 0.0712. The molecular weight excluding hydrogens is 268 g/mol. The third kappa shape index (κ3) is 3.40. The molecule has 0 saturated carbocycles. The van der Waals surface area contributed by atoms with Gasteiger partial charge in [-0.3, -0.25) is 0 Å². The summed E-state index contributed by atoms with van der Waals surface area (Å²) in [5.41, 5.74) is 0. The first-order chi connectivity index (χ1) is 7.46. The average molecular weight is 291 g/mol. The molecule has 98 valence electrons. The minimum Gasteiger partial charge on any atom is -0.249 e. The maximum absolute atomic E-state index is 12.5. The Balaban J connectivity index is 3.03. The summed E-state index contributed by atoms with van der Waals surface area (Å²) in [6, 6.07) is 1.85. The molecule has 0 aliphatic heterocycles. The molecule has 0 spiro atoms. The predicted octanol–water partition coefficient (Wildman–Crippen LogP) is 3.97. The summed E-state index contributed by atoms with van der Waals surface area (Å²) in [6.07, 6.45) is 0. The van der Waals surface area contributed by atoms with Gasteiger partial charge in [0.1, 0.15) is 18.2 Å². The second-order valence-corrected chi connectivity index (χ2v) is 14.2. The lowest BCUT2D eigenvalue weighted by Crippen LogP contribution is -2.54. The van der Waals surface area contributed by atoms with Gasteiger partial charge in [0.2, 0.25) is 0 Å². The van der Waals surface area contributed by atoms with Crippen molar-refractivity contribution in [2.75, 3.05) is 0 Å². The van der Waals surface area contributed by atoms with E-state index in [1.165, 1.54) is 0 Å². The Morgan fingerprint density at radius 3 is 2.29 bits per heavy atom. The summed E-state index contributed by atoms with van der Waals surface area (Å²) in [4.78, 5) is 1.71. The maximum Gasteiger partial charge on any atom is 0.140 e. The zero-order chi connectivity index (χ0) is 13.5. The van der Waals surface area contributed by atoms with Crippen molar-refractivity contribution < 1.29 is 4.21 Å². The quantitative estimate of drug-likeness (QED) is 0.813. The molecule has 0 bridgehead atoms. The van der Waals surface area contributed by atoms with Gasteiger partial charge in [-0.2, -0.15) is 0 Å². The lowest BCUT2D eigenvalue weighted by molar-refractivity contribution is 0.665. The molecule has 17 heavy (non-hydrogen) atoms. The average Bonchev–Trinajstić information content (AvgIpc) is 2.48. The smallest absolute Gasteiger partial charge is 0.140 e. The van der Waals surface area contributed by atoms with Crippen LogP contribution in [-0.4, -0.2) is 12.4 Å². The fourth-order valence-corrected chi connectivity index (χ4v) is 7.38. The van der Waals surface area contributed by atoms with Crippen LogP contribution in [0.1, 0.15) is 25.6 Å².